The fourth-order valence-corrected chi connectivity index (χ4v) is 5.54. The van der Waals surface area contributed by atoms with Gasteiger partial charge in [-0.1, -0.05) is 27.7 Å². The second-order valence-corrected chi connectivity index (χ2v) is 9.42. The van der Waals surface area contributed by atoms with Crippen LogP contribution in [0.4, 0.5) is 0 Å². The molecule has 1 aliphatic rings. The second kappa shape index (κ2) is 7.44. The summed E-state index contributed by atoms with van der Waals surface area (Å²) >= 11 is 0. The molecule has 0 amide bonds. The van der Waals surface area contributed by atoms with Crippen LogP contribution in [0.1, 0.15) is 58.1 Å². The number of rotatable bonds is 5. The Labute approximate surface area is 147 Å². The van der Waals surface area contributed by atoms with Crippen LogP contribution < -0.4 is 4.74 Å². The molecule has 0 radical (unpaired) electrons. The minimum Gasteiger partial charge on any atom is -0.492 e. The molecule has 0 spiro atoms. The number of sulfonamides is 1. The number of aryl methyl sites for hydroxylation is 1. The predicted octanol–water partition coefficient (Wildman–Crippen LogP) is 4.18. The molecule has 0 saturated carbocycles. The van der Waals surface area contributed by atoms with Crippen LogP contribution in [0, 0.1) is 18.8 Å². The first-order valence-corrected chi connectivity index (χ1v) is 10.4. The van der Waals surface area contributed by atoms with Gasteiger partial charge in [0, 0.05) is 13.1 Å². The molecule has 2 atom stereocenters. The van der Waals surface area contributed by atoms with E-state index in [1.54, 1.807) is 4.31 Å². The molecular formula is C19H31NO3S. The summed E-state index contributed by atoms with van der Waals surface area (Å²) in [5.41, 5.74) is 2.14. The summed E-state index contributed by atoms with van der Waals surface area (Å²) in [6.07, 6.45) is 1.08. The van der Waals surface area contributed by atoms with Crippen molar-refractivity contribution in [3.63, 3.8) is 0 Å². The highest BCUT2D eigenvalue weighted by molar-refractivity contribution is 7.89. The summed E-state index contributed by atoms with van der Waals surface area (Å²) in [5.74, 6) is 1.52. The molecule has 1 saturated heterocycles. The Morgan fingerprint density at radius 2 is 1.79 bits per heavy atom. The van der Waals surface area contributed by atoms with Gasteiger partial charge in [0.05, 0.1) is 6.61 Å². The lowest BCUT2D eigenvalue weighted by atomic mass is 9.94. The summed E-state index contributed by atoms with van der Waals surface area (Å²) < 4.78 is 33.9. The minimum absolute atomic E-state index is 0.272. The van der Waals surface area contributed by atoms with E-state index in [1.165, 1.54) is 0 Å². The zero-order valence-electron chi connectivity index (χ0n) is 15.8. The SMILES string of the molecule is CCOc1cc(C)c(C(C)C)cc1S(=O)(=O)N1C[C@H](C)C[C@@H](C)C1. The van der Waals surface area contributed by atoms with Crippen molar-refractivity contribution in [1.29, 1.82) is 0 Å². The topological polar surface area (TPSA) is 46.6 Å². The van der Waals surface area contributed by atoms with Crippen LogP contribution >= 0.6 is 0 Å². The fraction of sp³-hybridized carbons (Fsp3) is 0.684. The van der Waals surface area contributed by atoms with Crippen LogP contribution in [0.2, 0.25) is 0 Å². The molecule has 1 aromatic carbocycles. The first-order chi connectivity index (χ1) is 11.2. The Kier molecular flexibility index (Phi) is 5.97. The summed E-state index contributed by atoms with van der Waals surface area (Å²) in [6.45, 7) is 13.9. The molecule has 0 bridgehead atoms. The summed E-state index contributed by atoms with van der Waals surface area (Å²) in [4.78, 5) is 0.319. The van der Waals surface area contributed by atoms with Crippen LogP contribution in [0.5, 0.6) is 5.75 Å². The summed E-state index contributed by atoms with van der Waals surface area (Å²) in [7, 11) is -3.55. The molecular weight excluding hydrogens is 322 g/mol. The molecule has 4 nitrogen and oxygen atoms in total. The van der Waals surface area contributed by atoms with E-state index in [1.807, 2.05) is 26.0 Å². The zero-order valence-corrected chi connectivity index (χ0v) is 16.6. The monoisotopic (exact) mass is 353 g/mol. The highest BCUT2D eigenvalue weighted by atomic mass is 32.2. The van der Waals surface area contributed by atoms with E-state index in [9.17, 15) is 8.42 Å². The Morgan fingerprint density at radius 3 is 2.29 bits per heavy atom. The standard InChI is InChI=1S/C19H31NO3S/c1-7-23-18-9-16(6)17(13(2)3)10-19(18)24(21,22)20-11-14(4)8-15(5)12-20/h9-10,13-15H,7-8,11-12H2,1-6H3/t14-,15-/m1/s1. The van der Waals surface area contributed by atoms with Gasteiger partial charge < -0.3 is 4.74 Å². The molecule has 0 N–H and O–H groups in total. The first kappa shape index (κ1) is 19.3. The van der Waals surface area contributed by atoms with E-state index < -0.39 is 10.0 Å². The normalized spacial score (nSPS) is 22.8. The molecule has 1 heterocycles. The molecule has 24 heavy (non-hydrogen) atoms. The van der Waals surface area contributed by atoms with E-state index in [0.717, 1.165) is 17.5 Å². The Hall–Kier alpha value is -1.07. The van der Waals surface area contributed by atoms with Gasteiger partial charge in [0.15, 0.2) is 0 Å². The average molecular weight is 354 g/mol. The number of benzene rings is 1. The molecule has 0 aliphatic carbocycles. The van der Waals surface area contributed by atoms with Gasteiger partial charge in [0.1, 0.15) is 10.6 Å². The lowest BCUT2D eigenvalue weighted by Gasteiger charge is -2.34. The smallest absolute Gasteiger partial charge is 0.246 e. The Balaban J connectivity index is 2.53. The molecule has 136 valence electrons. The maximum Gasteiger partial charge on any atom is 0.246 e. The second-order valence-electron chi connectivity index (χ2n) is 7.51. The molecule has 1 aliphatic heterocycles. The average Bonchev–Trinajstić information content (AvgIpc) is 2.46. The molecule has 1 fully saturated rings. The molecule has 2 rings (SSSR count). The van der Waals surface area contributed by atoms with Crippen LogP contribution in [-0.2, 0) is 10.0 Å². The van der Waals surface area contributed by atoms with E-state index in [-0.39, 0.29) is 5.92 Å². The lowest BCUT2D eigenvalue weighted by Crippen LogP contribution is -2.42. The van der Waals surface area contributed by atoms with Gasteiger partial charge in [-0.3, -0.25) is 0 Å². The quantitative estimate of drug-likeness (QED) is 0.797. The van der Waals surface area contributed by atoms with Gasteiger partial charge >= 0.3 is 0 Å². The third-order valence-electron chi connectivity index (χ3n) is 4.71. The van der Waals surface area contributed by atoms with Gasteiger partial charge in [-0.05, 0) is 61.3 Å². The van der Waals surface area contributed by atoms with Gasteiger partial charge in [-0.25, -0.2) is 8.42 Å². The van der Waals surface area contributed by atoms with E-state index in [2.05, 4.69) is 27.7 Å². The largest absolute Gasteiger partial charge is 0.492 e. The molecule has 1 aromatic rings. The van der Waals surface area contributed by atoms with Crippen molar-refractivity contribution in [1.82, 2.24) is 4.31 Å². The Morgan fingerprint density at radius 1 is 1.21 bits per heavy atom. The highest BCUT2D eigenvalue weighted by Gasteiger charge is 2.34. The molecule has 5 heteroatoms. The van der Waals surface area contributed by atoms with Gasteiger partial charge in [-0.15, -0.1) is 0 Å². The van der Waals surface area contributed by atoms with Crippen molar-refractivity contribution in [3.05, 3.63) is 23.3 Å². The number of hydrogen-bond donors (Lipinski definition) is 0. The lowest BCUT2D eigenvalue weighted by molar-refractivity contribution is 0.222. The third-order valence-corrected chi connectivity index (χ3v) is 6.56. The highest BCUT2D eigenvalue weighted by Crippen LogP contribution is 2.35. The molecule has 0 unspecified atom stereocenters. The van der Waals surface area contributed by atoms with E-state index in [0.29, 0.717) is 42.2 Å². The maximum atomic E-state index is 13.3. The Bertz CT molecular complexity index is 672. The van der Waals surface area contributed by atoms with Crippen molar-refractivity contribution >= 4 is 10.0 Å². The van der Waals surface area contributed by atoms with Gasteiger partial charge in [-0.2, -0.15) is 4.31 Å². The van der Waals surface area contributed by atoms with Crippen LogP contribution in [-0.4, -0.2) is 32.4 Å². The van der Waals surface area contributed by atoms with Crippen molar-refractivity contribution < 1.29 is 13.2 Å². The van der Waals surface area contributed by atoms with Crippen molar-refractivity contribution in [2.24, 2.45) is 11.8 Å². The molecule has 0 aromatic heterocycles. The van der Waals surface area contributed by atoms with Gasteiger partial charge in [0.25, 0.3) is 0 Å². The number of ether oxygens (including phenoxy) is 1. The number of nitrogens with zero attached hydrogens (tertiary/aromatic N) is 1. The first-order valence-electron chi connectivity index (χ1n) is 8.94. The zero-order chi connectivity index (χ0) is 18.1. The van der Waals surface area contributed by atoms with Crippen molar-refractivity contribution in [2.75, 3.05) is 19.7 Å². The third kappa shape index (κ3) is 3.94. The predicted molar refractivity (Wildman–Crippen MR) is 98.1 cm³/mol. The number of hydrogen-bond acceptors (Lipinski definition) is 3. The van der Waals surface area contributed by atoms with E-state index >= 15 is 0 Å². The fourth-order valence-electron chi connectivity index (χ4n) is 3.71. The van der Waals surface area contributed by atoms with Crippen LogP contribution in [0.25, 0.3) is 0 Å². The van der Waals surface area contributed by atoms with Crippen molar-refractivity contribution in [3.8, 4) is 5.75 Å². The minimum atomic E-state index is -3.55. The number of piperidine rings is 1. The van der Waals surface area contributed by atoms with Crippen LogP contribution in [0.3, 0.4) is 0 Å². The van der Waals surface area contributed by atoms with Crippen LogP contribution in [0.15, 0.2) is 17.0 Å². The van der Waals surface area contributed by atoms with Crippen molar-refractivity contribution in [2.45, 2.75) is 58.8 Å². The maximum absolute atomic E-state index is 13.3. The summed E-state index contributed by atoms with van der Waals surface area (Å²) in [6, 6.07) is 3.70. The van der Waals surface area contributed by atoms with Gasteiger partial charge in [0.2, 0.25) is 10.0 Å². The summed E-state index contributed by atoms with van der Waals surface area (Å²) in [5, 5.41) is 0. The van der Waals surface area contributed by atoms with E-state index in [4.69, 9.17) is 4.74 Å².